The number of rotatable bonds is 7. The van der Waals surface area contributed by atoms with Gasteiger partial charge in [-0.05, 0) is 43.4 Å². The van der Waals surface area contributed by atoms with Crippen molar-refractivity contribution in [2.24, 2.45) is 0 Å². The van der Waals surface area contributed by atoms with Crippen LogP contribution in [0, 0.1) is 0 Å². The Labute approximate surface area is 209 Å². The number of halogens is 1. The number of carbonyl (C=O) groups excluding carboxylic acids is 2. The molecule has 1 aromatic heterocycles. The Hall–Kier alpha value is -3.11. The largest absolute Gasteiger partial charge is 0.495 e. The first-order chi connectivity index (χ1) is 16.8. The van der Waals surface area contributed by atoms with E-state index in [1.165, 1.54) is 6.20 Å². The summed E-state index contributed by atoms with van der Waals surface area (Å²) in [6, 6.07) is 5.45. The number of ether oxygens (including phenoxy) is 1. The fraction of sp³-hybridized carbons (Fsp3) is 0.500. The van der Waals surface area contributed by atoms with Gasteiger partial charge in [-0.15, -0.1) is 0 Å². The lowest BCUT2D eigenvalue weighted by Crippen LogP contribution is -2.49. The van der Waals surface area contributed by atoms with Crippen LogP contribution in [-0.2, 0) is 11.3 Å². The number of amides is 2. The van der Waals surface area contributed by atoms with E-state index >= 15 is 0 Å². The van der Waals surface area contributed by atoms with Gasteiger partial charge < -0.3 is 30.3 Å². The smallest absolute Gasteiger partial charge is 0.256 e. The van der Waals surface area contributed by atoms with E-state index in [1.807, 2.05) is 11.0 Å². The molecule has 0 spiro atoms. The maximum atomic E-state index is 13.1. The van der Waals surface area contributed by atoms with E-state index < -0.39 is 0 Å². The quantitative estimate of drug-likeness (QED) is 0.526. The lowest BCUT2D eigenvalue weighted by atomic mass is 9.93. The van der Waals surface area contributed by atoms with Crippen LogP contribution in [0.4, 0.5) is 11.8 Å². The zero-order chi connectivity index (χ0) is 24.9. The van der Waals surface area contributed by atoms with Gasteiger partial charge in [0.05, 0.1) is 24.8 Å². The lowest BCUT2D eigenvalue weighted by molar-refractivity contribution is -0.129. The Morgan fingerprint density at radius 3 is 2.71 bits per heavy atom. The van der Waals surface area contributed by atoms with Crippen LogP contribution < -0.4 is 20.3 Å². The molecule has 1 aliphatic heterocycles. The highest BCUT2D eigenvalue weighted by Gasteiger charge is 2.26. The van der Waals surface area contributed by atoms with Gasteiger partial charge in [0.2, 0.25) is 11.9 Å². The molecular weight excluding hydrogens is 472 g/mol. The summed E-state index contributed by atoms with van der Waals surface area (Å²) in [5.41, 5.74) is 1.21. The number of anilines is 2. The standard InChI is InChI=1S/C24H31ClN6O4/c1-30-9-10-31(14-21(30)33)24-27-13-18(23(34)28-16-4-6-17(32)7-5-16)22(29-24)26-12-15-3-8-20(35-2)19(25)11-15/h3,8,11,13,16-17,32H,4-7,9-10,12,14H2,1-2H3,(H,28,34)(H,26,27,29). The van der Waals surface area contributed by atoms with Crippen molar-refractivity contribution in [1.82, 2.24) is 20.2 Å². The topological polar surface area (TPSA) is 120 Å². The summed E-state index contributed by atoms with van der Waals surface area (Å²) in [7, 11) is 3.33. The molecule has 35 heavy (non-hydrogen) atoms. The van der Waals surface area contributed by atoms with Gasteiger partial charge in [0.25, 0.3) is 5.91 Å². The molecule has 4 rings (SSSR count). The van der Waals surface area contributed by atoms with E-state index in [1.54, 1.807) is 31.2 Å². The number of benzene rings is 1. The molecule has 2 heterocycles. The minimum atomic E-state index is -0.300. The second-order valence-corrected chi connectivity index (χ2v) is 9.38. The van der Waals surface area contributed by atoms with E-state index in [2.05, 4.69) is 20.6 Å². The molecule has 2 aliphatic rings. The van der Waals surface area contributed by atoms with Crippen LogP contribution in [-0.4, -0.2) is 77.7 Å². The molecular formula is C24H31ClN6O4. The predicted molar refractivity (Wildman–Crippen MR) is 133 cm³/mol. The average Bonchev–Trinajstić information content (AvgIpc) is 2.85. The molecule has 1 saturated carbocycles. The van der Waals surface area contributed by atoms with Crippen molar-refractivity contribution in [3.63, 3.8) is 0 Å². The highest BCUT2D eigenvalue weighted by Crippen LogP contribution is 2.26. The number of hydrogen-bond acceptors (Lipinski definition) is 8. The first-order valence-corrected chi connectivity index (χ1v) is 12.1. The van der Waals surface area contributed by atoms with E-state index in [0.29, 0.717) is 60.6 Å². The molecule has 3 N–H and O–H groups in total. The Balaban J connectivity index is 1.55. The van der Waals surface area contributed by atoms with Crippen molar-refractivity contribution >= 4 is 35.2 Å². The zero-order valence-corrected chi connectivity index (χ0v) is 20.7. The number of aliphatic hydroxyl groups is 1. The summed E-state index contributed by atoms with van der Waals surface area (Å²) in [5, 5.41) is 16.5. The minimum absolute atomic E-state index is 0.00549. The third kappa shape index (κ3) is 6.12. The summed E-state index contributed by atoms with van der Waals surface area (Å²) in [6.07, 6.45) is 3.99. The molecule has 0 unspecified atom stereocenters. The van der Waals surface area contributed by atoms with Gasteiger partial charge >= 0.3 is 0 Å². The maximum absolute atomic E-state index is 13.1. The van der Waals surface area contributed by atoms with Gasteiger partial charge in [-0.25, -0.2) is 4.98 Å². The molecule has 188 valence electrons. The zero-order valence-electron chi connectivity index (χ0n) is 20.0. The summed E-state index contributed by atoms with van der Waals surface area (Å²) in [6.45, 7) is 1.73. The molecule has 1 aliphatic carbocycles. The number of carbonyl (C=O) groups is 2. The Morgan fingerprint density at radius 1 is 1.26 bits per heavy atom. The van der Waals surface area contributed by atoms with Gasteiger partial charge in [0, 0.05) is 38.9 Å². The third-order valence-corrected chi connectivity index (χ3v) is 6.76. The van der Waals surface area contributed by atoms with Crippen LogP contribution in [0.2, 0.25) is 5.02 Å². The van der Waals surface area contributed by atoms with Crippen molar-refractivity contribution in [2.75, 3.05) is 44.0 Å². The Morgan fingerprint density at radius 2 is 2.03 bits per heavy atom. The Kier molecular flexibility index (Phi) is 7.92. The maximum Gasteiger partial charge on any atom is 0.256 e. The fourth-order valence-electron chi connectivity index (χ4n) is 4.24. The molecule has 2 amide bonds. The van der Waals surface area contributed by atoms with Crippen molar-refractivity contribution in [3.05, 3.63) is 40.5 Å². The van der Waals surface area contributed by atoms with Crippen molar-refractivity contribution in [2.45, 2.75) is 44.4 Å². The third-order valence-electron chi connectivity index (χ3n) is 6.47. The monoisotopic (exact) mass is 502 g/mol. The summed E-state index contributed by atoms with van der Waals surface area (Å²) >= 11 is 6.26. The van der Waals surface area contributed by atoms with Crippen molar-refractivity contribution in [1.29, 1.82) is 0 Å². The van der Waals surface area contributed by atoms with E-state index in [-0.39, 0.29) is 30.5 Å². The number of nitrogens with one attached hydrogen (secondary N) is 2. The van der Waals surface area contributed by atoms with E-state index in [0.717, 1.165) is 18.4 Å². The van der Waals surface area contributed by atoms with Crippen LogP contribution in [0.3, 0.4) is 0 Å². The van der Waals surface area contributed by atoms with Crippen molar-refractivity contribution < 1.29 is 19.4 Å². The molecule has 10 nitrogen and oxygen atoms in total. The minimum Gasteiger partial charge on any atom is -0.495 e. The molecule has 1 saturated heterocycles. The first kappa shape index (κ1) is 25.0. The average molecular weight is 503 g/mol. The molecule has 2 aromatic rings. The second kappa shape index (κ2) is 11.1. The van der Waals surface area contributed by atoms with E-state index in [9.17, 15) is 14.7 Å². The lowest BCUT2D eigenvalue weighted by Gasteiger charge is -2.32. The van der Waals surface area contributed by atoms with Crippen LogP contribution in [0.15, 0.2) is 24.4 Å². The van der Waals surface area contributed by atoms with Gasteiger partial charge in [0.15, 0.2) is 0 Å². The van der Waals surface area contributed by atoms with Crippen LogP contribution in [0.1, 0.15) is 41.6 Å². The van der Waals surface area contributed by atoms with Crippen LogP contribution in [0.25, 0.3) is 0 Å². The van der Waals surface area contributed by atoms with Gasteiger partial charge in [0.1, 0.15) is 17.1 Å². The van der Waals surface area contributed by atoms with E-state index in [4.69, 9.17) is 16.3 Å². The SMILES string of the molecule is COc1ccc(CNc2nc(N3CCN(C)C(=O)C3)ncc2C(=O)NC2CCC(O)CC2)cc1Cl. The number of aromatic nitrogens is 2. The fourth-order valence-corrected chi connectivity index (χ4v) is 4.52. The highest BCUT2D eigenvalue weighted by molar-refractivity contribution is 6.32. The van der Waals surface area contributed by atoms with Gasteiger partial charge in [-0.3, -0.25) is 9.59 Å². The first-order valence-electron chi connectivity index (χ1n) is 11.7. The molecule has 1 aromatic carbocycles. The second-order valence-electron chi connectivity index (χ2n) is 8.97. The van der Waals surface area contributed by atoms with Crippen molar-refractivity contribution in [3.8, 4) is 5.75 Å². The van der Waals surface area contributed by atoms with Gasteiger partial charge in [-0.2, -0.15) is 4.98 Å². The normalized spacial score (nSPS) is 20.5. The molecule has 2 fully saturated rings. The van der Waals surface area contributed by atoms with Crippen LogP contribution >= 0.6 is 11.6 Å². The predicted octanol–water partition coefficient (Wildman–Crippen LogP) is 2.06. The summed E-state index contributed by atoms with van der Waals surface area (Å²) < 4.78 is 5.21. The van der Waals surface area contributed by atoms with Gasteiger partial charge in [-0.1, -0.05) is 17.7 Å². The highest BCUT2D eigenvalue weighted by atomic mass is 35.5. The number of piperazine rings is 1. The number of hydrogen-bond donors (Lipinski definition) is 3. The number of methoxy groups -OCH3 is 1. The summed E-state index contributed by atoms with van der Waals surface area (Å²) in [4.78, 5) is 37.8. The number of nitrogens with zero attached hydrogens (tertiary/aromatic N) is 4. The Bertz CT molecular complexity index is 1080. The number of aliphatic hydroxyl groups excluding tert-OH is 1. The molecule has 0 atom stereocenters. The molecule has 11 heteroatoms. The molecule has 0 radical (unpaired) electrons. The number of likely N-dealkylation sites (N-methyl/N-ethyl adjacent to an activating group) is 1. The molecule has 0 bridgehead atoms. The van der Waals surface area contributed by atoms with Crippen LogP contribution in [0.5, 0.6) is 5.75 Å². The summed E-state index contributed by atoms with van der Waals surface area (Å²) in [5.74, 6) is 1.06.